The van der Waals surface area contributed by atoms with Crippen molar-refractivity contribution in [2.75, 3.05) is 19.8 Å². The minimum absolute atomic E-state index is 0.246. The van der Waals surface area contributed by atoms with Crippen LogP contribution in [0, 0.1) is 0 Å². The topological polar surface area (TPSA) is 204 Å². The Morgan fingerprint density at radius 3 is 2.05 bits per heavy atom. The molecule has 2 aliphatic rings. The summed E-state index contributed by atoms with van der Waals surface area (Å²) in [6.07, 6.45) is -8.05. The van der Waals surface area contributed by atoms with Crippen LogP contribution in [0.3, 0.4) is 0 Å². The van der Waals surface area contributed by atoms with E-state index >= 15 is 0 Å². The molecule has 0 radical (unpaired) electrons. The minimum atomic E-state index is -5.15. The predicted molar refractivity (Wildman–Crippen MR) is 124 cm³/mol. The van der Waals surface area contributed by atoms with E-state index in [1.54, 1.807) is 0 Å². The first-order valence-corrected chi connectivity index (χ1v) is 12.7. The molecule has 14 heteroatoms. The molecule has 1 heterocycles. The zero-order valence-corrected chi connectivity index (χ0v) is 20.1. The van der Waals surface area contributed by atoms with Crippen LogP contribution >= 0.6 is 7.82 Å². The number of carboxylic acids is 1. The molecular weight excluding hydrogens is 513 g/mol. The van der Waals surface area contributed by atoms with Gasteiger partial charge in [-0.1, -0.05) is 48.5 Å². The van der Waals surface area contributed by atoms with Crippen molar-refractivity contribution < 1.29 is 58.4 Å². The van der Waals surface area contributed by atoms with Crippen molar-refractivity contribution in [1.29, 1.82) is 0 Å². The van der Waals surface area contributed by atoms with Gasteiger partial charge >= 0.3 is 19.9 Å². The van der Waals surface area contributed by atoms with Gasteiger partial charge in [0.1, 0.15) is 24.9 Å². The van der Waals surface area contributed by atoms with E-state index < -0.39 is 69.6 Å². The number of carbonyl (C=O) groups excluding carboxylic acids is 1. The summed E-state index contributed by atoms with van der Waals surface area (Å²) >= 11 is 0. The van der Waals surface area contributed by atoms with E-state index in [1.165, 1.54) is 0 Å². The zero-order chi connectivity index (χ0) is 26.9. The van der Waals surface area contributed by atoms with Gasteiger partial charge in [-0.25, -0.2) is 14.2 Å². The van der Waals surface area contributed by atoms with E-state index in [0.717, 1.165) is 22.3 Å². The normalized spacial score (nSPS) is 23.8. The van der Waals surface area contributed by atoms with E-state index in [-0.39, 0.29) is 6.61 Å². The van der Waals surface area contributed by atoms with Crippen LogP contribution in [0.5, 0.6) is 0 Å². The fourth-order valence-electron chi connectivity index (χ4n) is 4.63. The van der Waals surface area contributed by atoms with Crippen LogP contribution < -0.4 is 0 Å². The molecule has 1 unspecified atom stereocenters. The lowest BCUT2D eigenvalue weighted by atomic mass is 9.98. The number of hydrogen-bond acceptors (Lipinski definition) is 9. The number of ether oxygens (including phenoxy) is 2. The van der Waals surface area contributed by atoms with Crippen LogP contribution in [0.1, 0.15) is 17.0 Å². The molecule has 200 valence electrons. The molecule has 1 aliphatic heterocycles. The Morgan fingerprint density at radius 1 is 1.00 bits per heavy atom. The van der Waals surface area contributed by atoms with E-state index in [4.69, 9.17) is 19.3 Å². The second kappa shape index (κ2) is 10.9. The molecule has 1 amide bonds. The molecule has 0 spiro atoms. The number of benzene rings is 2. The van der Waals surface area contributed by atoms with Crippen LogP contribution in [-0.4, -0.2) is 97.6 Å². The van der Waals surface area contributed by atoms with Crippen LogP contribution in [-0.2, 0) is 23.4 Å². The van der Waals surface area contributed by atoms with Gasteiger partial charge in [0.05, 0.1) is 13.2 Å². The Labute approximate surface area is 210 Å². The van der Waals surface area contributed by atoms with Crippen molar-refractivity contribution in [2.24, 2.45) is 0 Å². The van der Waals surface area contributed by atoms with Gasteiger partial charge in [-0.05, 0) is 22.3 Å². The molecule has 1 aliphatic carbocycles. The van der Waals surface area contributed by atoms with Gasteiger partial charge in [0.25, 0.3) is 0 Å². The Morgan fingerprint density at radius 2 is 1.57 bits per heavy atom. The summed E-state index contributed by atoms with van der Waals surface area (Å²) in [6, 6.07) is 12.9. The third kappa shape index (κ3) is 5.54. The van der Waals surface area contributed by atoms with Gasteiger partial charge in [0.15, 0.2) is 12.3 Å². The van der Waals surface area contributed by atoms with E-state index in [0.29, 0.717) is 4.90 Å². The van der Waals surface area contributed by atoms with Crippen LogP contribution in [0.4, 0.5) is 4.79 Å². The van der Waals surface area contributed by atoms with Gasteiger partial charge in [0, 0.05) is 5.92 Å². The Bertz CT molecular complexity index is 1160. The summed E-state index contributed by atoms with van der Waals surface area (Å²) in [5.41, 5.74) is 3.63. The monoisotopic (exact) mass is 539 g/mol. The summed E-state index contributed by atoms with van der Waals surface area (Å²) in [4.78, 5) is 43.8. The van der Waals surface area contributed by atoms with Crippen molar-refractivity contribution in [3.63, 3.8) is 0 Å². The largest absolute Gasteiger partial charge is 0.480 e. The second-order valence-corrected chi connectivity index (χ2v) is 9.82. The van der Waals surface area contributed by atoms with Crippen molar-refractivity contribution in [3.05, 3.63) is 59.7 Å². The molecule has 0 aromatic heterocycles. The number of hydrogen-bond donors (Lipinski definition) is 6. The fraction of sp³-hybridized carbons (Fsp3) is 0.391. The number of rotatable bonds is 9. The lowest BCUT2D eigenvalue weighted by Gasteiger charge is -2.34. The number of aliphatic carboxylic acids is 1. The lowest BCUT2D eigenvalue weighted by Crippen LogP contribution is -2.56. The number of amides is 1. The van der Waals surface area contributed by atoms with E-state index in [9.17, 15) is 34.6 Å². The maximum atomic E-state index is 13.3. The quantitative estimate of drug-likeness (QED) is 0.237. The third-order valence-electron chi connectivity index (χ3n) is 6.36. The second-order valence-electron chi connectivity index (χ2n) is 8.58. The molecule has 13 nitrogen and oxygen atoms in total. The predicted octanol–water partition coefficient (Wildman–Crippen LogP) is 0.239. The van der Waals surface area contributed by atoms with Crippen molar-refractivity contribution in [2.45, 2.75) is 36.5 Å². The third-order valence-corrected chi connectivity index (χ3v) is 6.85. The van der Waals surface area contributed by atoms with Gasteiger partial charge in [-0.15, -0.1) is 0 Å². The summed E-state index contributed by atoms with van der Waals surface area (Å²) in [5, 5.41) is 39.7. The molecule has 2 aromatic carbocycles. The number of carboxylic acid groups (broad SMARTS) is 1. The highest BCUT2D eigenvalue weighted by Crippen LogP contribution is 2.44. The molecule has 6 N–H and O–H groups in total. The smallest absolute Gasteiger partial charge is 0.469 e. The number of carbonyl (C=O) groups is 2. The van der Waals surface area contributed by atoms with Crippen molar-refractivity contribution in [1.82, 2.24) is 4.90 Å². The van der Waals surface area contributed by atoms with Crippen LogP contribution in [0.2, 0.25) is 0 Å². The molecule has 0 bridgehead atoms. The van der Waals surface area contributed by atoms with Crippen LogP contribution in [0.15, 0.2) is 48.5 Å². The highest BCUT2D eigenvalue weighted by molar-refractivity contribution is 7.46. The first-order chi connectivity index (χ1) is 17.5. The number of phosphoric acid groups is 1. The SMILES string of the molecule is O=C(O)[C@H](COP(=O)(O)O)N(C(=O)OCC1c2ccccc2-c2ccccc21)C1O[C@H](CO)[C@@H](O)[C@H]1O. The summed E-state index contributed by atoms with van der Waals surface area (Å²) in [7, 11) is -5.15. The molecule has 4 rings (SSSR count). The van der Waals surface area contributed by atoms with Gasteiger partial charge in [-0.2, -0.15) is 0 Å². The average molecular weight is 539 g/mol. The maximum absolute atomic E-state index is 13.3. The standard InChI is InChI=1S/C23H26NO12P/c25-9-18-19(26)20(27)21(36-18)24(17(22(28)29)11-35-37(31,32)33)23(30)34-10-16-14-7-3-1-5-12(14)13-6-2-4-8-15(13)16/h1-8,16-21,25-27H,9-11H2,(H,28,29)(H2,31,32,33)/t17-,18+,19+,20+,21?/m0/s1. The Hall–Kier alpha value is -2.87. The minimum Gasteiger partial charge on any atom is -0.480 e. The Balaban J connectivity index is 1.62. The maximum Gasteiger partial charge on any atom is 0.469 e. The van der Waals surface area contributed by atoms with Crippen molar-refractivity contribution >= 4 is 19.9 Å². The number of aliphatic hydroxyl groups is 3. The van der Waals surface area contributed by atoms with Gasteiger partial charge in [0.2, 0.25) is 0 Å². The highest BCUT2D eigenvalue weighted by Gasteiger charge is 2.51. The highest BCUT2D eigenvalue weighted by atomic mass is 31.2. The Kier molecular flexibility index (Phi) is 7.97. The zero-order valence-electron chi connectivity index (χ0n) is 19.2. The van der Waals surface area contributed by atoms with Gasteiger partial charge in [-0.3, -0.25) is 9.42 Å². The molecular formula is C23H26NO12P. The van der Waals surface area contributed by atoms with Crippen LogP contribution in [0.25, 0.3) is 11.1 Å². The summed E-state index contributed by atoms with van der Waals surface area (Å²) in [6.45, 7) is -2.19. The lowest BCUT2D eigenvalue weighted by molar-refractivity contribution is -0.155. The van der Waals surface area contributed by atoms with Gasteiger partial charge < -0.3 is 39.7 Å². The number of nitrogens with zero attached hydrogens (tertiary/aromatic N) is 1. The number of fused-ring (bicyclic) bond motifs is 3. The molecule has 5 atom stereocenters. The molecule has 0 saturated carbocycles. The summed E-state index contributed by atoms with van der Waals surface area (Å²) in [5.74, 6) is -2.15. The number of aliphatic hydroxyl groups excluding tert-OH is 3. The molecule has 37 heavy (non-hydrogen) atoms. The molecule has 1 saturated heterocycles. The number of phosphoric ester groups is 1. The fourth-order valence-corrected chi connectivity index (χ4v) is 4.96. The molecule has 1 fully saturated rings. The first-order valence-electron chi connectivity index (χ1n) is 11.2. The first kappa shape index (κ1) is 27.2. The molecule has 2 aromatic rings. The summed E-state index contributed by atoms with van der Waals surface area (Å²) < 4.78 is 26.3. The van der Waals surface area contributed by atoms with E-state index in [1.807, 2.05) is 48.5 Å². The van der Waals surface area contributed by atoms with E-state index in [2.05, 4.69) is 4.52 Å². The van der Waals surface area contributed by atoms with Crippen molar-refractivity contribution in [3.8, 4) is 11.1 Å². The average Bonchev–Trinajstić information content (AvgIpc) is 3.33.